The number of fused-ring (bicyclic) bond motifs is 1. The first kappa shape index (κ1) is 16.7. The first-order valence-electron chi connectivity index (χ1n) is 7.66. The number of anilines is 1. The standard InChI is InChI=1S/C16H14F3N3OS2/c1-9-8-24-14(20-9)12-7-23-5-4-22(12)15-21-11-6-10(16(17,18)19)2-3-13(11)25-15/h2-3,6,8,12H,4-5,7H2,1H3. The fourth-order valence-electron chi connectivity index (χ4n) is 2.78. The van der Waals surface area contributed by atoms with Crippen molar-refractivity contribution < 1.29 is 17.9 Å². The van der Waals surface area contributed by atoms with Gasteiger partial charge in [0.05, 0.1) is 29.0 Å². The molecule has 132 valence electrons. The van der Waals surface area contributed by atoms with Crippen molar-refractivity contribution in [3.8, 4) is 0 Å². The number of hydrogen-bond donors (Lipinski definition) is 0. The Labute approximate surface area is 149 Å². The van der Waals surface area contributed by atoms with Gasteiger partial charge in [0.15, 0.2) is 5.13 Å². The number of nitrogens with zero attached hydrogens (tertiary/aromatic N) is 3. The highest BCUT2D eigenvalue weighted by atomic mass is 32.1. The number of thiazole rings is 2. The summed E-state index contributed by atoms with van der Waals surface area (Å²) in [4.78, 5) is 11.1. The SMILES string of the molecule is Cc1csc(C2COCCN2c2nc3cc(C(F)(F)F)ccc3s2)n1. The van der Waals surface area contributed by atoms with Crippen LogP contribution in [0.5, 0.6) is 0 Å². The number of morpholine rings is 1. The minimum absolute atomic E-state index is 0.0601. The summed E-state index contributed by atoms with van der Waals surface area (Å²) in [6, 6.07) is 3.64. The molecule has 9 heteroatoms. The van der Waals surface area contributed by atoms with Gasteiger partial charge in [-0.1, -0.05) is 11.3 Å². The Bertz CT molecular complexity index is 906. The number of hydrogen-bond acceptors (Lipinski definition) is 6. The highest BCUT2D eigenvalue weighted by Crippen LogP contribution is 2.38. The first-order chi connectivity index (χ1) is 11.9. The summed E-state index contributed by atoms with van der Waals surface area (Å²) < 4.78 is 45.0. The van der Waals surface area contributed by atoms with E-state index in [1.807, 2.05) is 12.3 Å². The minimum atomic E-state index is -4.36. The lowest BCUT2D eigenvalue weighted by Gasteiger charge is -2.34. The molecule has 0 bridgehead atoms. The number of aryl methyl sites for hydroxylation is 1. The van der Waals surface area contributed by atoms with Crippen LogP contribution in [0.2, 0.25) is 0 Å². The summed E-state index contributed by atoms with van der Waals surface area (Å²) in [5.41, 5.74) is 0.644. The molecule has 0 amide bonds. The third kappa shape index (κ3) is 3.23. The molecule has 0 radical (unpaired) electrons. The van der Waals surface area contributed by atoms with E-state index in [-0.39, 0.29) is 6.04 Å². The van der Waals surface area contributed by atoms with E-state index in [4.69, 9.17) is 4.74 Å². The van der Waals surface area contributed by atoms with Gasteiger partial charge in [0.25, 0.3) is 0 Å². The summed E-state index contributed by atoms with van der Waals surface area (Å²) in [6.45, 7) is 3.63. The molecule has 0 N–H and O–H groups in total. The van der Waals surface area contributed by atoms with Crippen LogP contribution in [0, 0.1) is 6.92 Å². The van der Waals surface area contributed by atoms with E-state index in [0.29, 0.717) is 30.4 Å². The van der Waals surface area contributed by atoms with E-state index in [1.165, 1.54) is 17.4 Å². The fraction of sp³-hybridized carbons (Fsp3) is 0.375. The molecule has 3 heterocycles. The van der Waals surface area contributed by atoms with E-state index in [0.717, 1.165) is 27.5 Å². The lowest BCUT2D eigenvalue weighted by atomic mass is 10.2. The number of halogens is 3. The molecule has 1 unspecified atom stereocenters. The van der Waals surface area contributed by atoms with Crippen LogP contribution in [0.1, 0.15) is 22.3 Å². The average molecular weight is 385 g/mol. The normalized spacial score (nSPS) is 18.9. The van der Waals surface area contributed by atoms with Crippen LogP contribution >= 0.6 is 22.7 Å². The van der Waals surface area contributed by atoms with Crippen molar-refractivity contribution in [3.63, 3.8) is 0 Å². The smallest absolute Gasteiger partial charge is 0.377 e. The fourth-order valence-corrected chi connectivity index (χ4v) is 4.69. The molecule has 1 aliphatic rings. The predicted molar refractivity (Wildman–Crippen MR) is 92.4 cm³/mol. The van der Waals surface area contributed by atoms with Crippen LogP contribution in [-0.2, 0) is 10.9 Å². The lowest BCUT2D eigenvalue weighted by Crippen LogP contribution is -2.39. The van der Waals surface area contributed by atoms with Gasteiger partial charge in [-0.2, -0.15) is 13.2 Å². The molecular formula is C16H14F3N3OS2. The van der Waals surface area contributed by atoms with Gasteiger partial charge in [-0.15, -0.1) is 11.3 Å². The van der Waals surface area contributed by atoms with Crippen molar-refractivity contribution in [2.24, 2.45) is 0 Å². The Hall–Kier alpha value is -1.71. The number of benzene rings is 1. The van der Waals surface area contributed by atoms with Gasteiger partial charge in [-0.05, 0) is 25.1 Å². The molecule has 0 aliphatic carbocycles. The van der Waals surface area contributed by atoms with E-state index >= 15 is 0 Å². The summed E-state index contributed by atoms with van der Waals surface area (Å²) in [6.07, 6.45) is -4.36. The zero-order valence-electron chi connectivity index (χ0n) is 13.2. The summed E-state index contributed by atoms with van der Waals surface area (Å²) >= 11 is 2.96. The number of aromatic nitrogens is 2. The molecule has 1 aliphatic heterocycles. The van der Waals surface area contributed by atoms with Crippen molar-refractivity contribution in [2.45, 2.75) is 19.1 Å². The van der Waals surface area contributed by atoms with E-state index < -0.39 is 11.7 Å². The Morgan fingerprint density at radius 2 is 2.12 bits per heavy atom. The van der Waals surface area contributed by atoms with Crippen LogP contribution in [0.3, 0.4) is 0 Å². The van der Waals surface area contributed by atoms with Crippen molar-refractivity contribution in [1.29, 1.82) is 0 Å². The second-order valence-electron chi connectivity index (χ2n) is 5.79. The van der Waals surface area contributed by atoms with Gasteiger partial charge < -0.3 is 9.64 Å². The molecule has 3 aromatic rings. The maximum Gasteiger partial charge on any atom is 0.416 e. The summed E-state index contributed by atoms with van der Waals surface area (Å²) in [7, 11) is 0. The second kappa shape index (κ2) is 6.22. The van der Waals surface area contributed by atoms with Crippen molar-refractivity contribution >= 4 is 38.0 Å². The first-order valence-corrected chi connectivity index (χ1v) is 9.35. The molecule has 2 aromatic heterocycles. The van der Waals surface area contributed by atoms with E-state index in [2.05, 4.69) is 14.9 Å². The maximum absolute atomic E-state index is 12.9. The molecule has 4 rings (SSSR count). The van der Waals surface area contributed by atoms with Crippen LogP contribution in [-0.4, -0.2) is 29.7 Å². The van der Waals surface area contributed by atoms with Crippen LogP contribution in [0.25, 0.3) is 10.2 Å². The highest BCUT2D eigenvalue weighted by Gasteiger charge is 2.32. The maximum atomic E-state index is 12.9. The van der Waals surface area contributed by atoms with Gasteiger partial charge in [-0.25, -0.2) is 9.97 Å². The number of ether oxygens (including phenoxy) is 1. The molecule has 1 atom stereocenters. The molecule has 0 spiro atoms. The molecule has 1 aromatic carbocycles. The second-order valence-corrected chi connectivity index (χ2v) is 7.69. The van der Waals surface area contributed by atoms with Crippen molar-refractivity contribution in [1.82, 2.24) is 9.97 Å². The Kier molecular flexibility index (Phi) is 4.17. The monoisotopic (exact) mass is 385 g/mol. The molecule has 0 saturated carbocycles. The summed E-state index contributed by atoms with van der Waals surface area (Å²) in [5, 5.41) is 3.62. The highest BCUT2D eigenvalue weighted by molar-refractivity contribution is 7.22. The predicted octanol–water partition coefficient (Wildman–Crippen LogP) is 4.66. The van der Waals surface area contributed by atoms with Gasteiger partial charge in [0, 0.05) is 17.6 Å². The average Bonchev–Trinajstić information content (AvgIpc) is 3.19. The van der Waals surface area contributed by atoms with Gasteiger partial charge in [0.2, 0.25) is 0 Å². The van der Waals surface area contributed by atoms with Gasteiger partial charge in [0.1, 0.15) is 11.0 Å². The van der Waals surface area contributed by atoms with Crippen molar-refractivity contribution in [2.75, 3.05) is 24.7 Å². The molecule has 1 fully saturated rings. The molecule has 25 heavy (non-hydrogen) atoms. The minimum Gasteiger partial charge on any atom is -0.377 e. The van der Waals surface area contributed by atoms with Gasteiger partial charge >= 0.3 is 6.18 Å². The van der Waals surface area contributed by atoms with Crippen molar-refractivity contribution in [3.05, 3.63) is 39.8 Å². The number of rotatable bonds is 2. The quantitative estimate of drug-likeness (QED) is 0.643. The zero-order chi connectivity index (χ0) is 17.6. The van der Waals surface area contributed by atoms with Crippen LogP contribution < -0.4 is 4.90 Å². The zero-order valence-corrected chi connectivity index (χ0v) is 14.8. The van der Waals surface area contributed by atoms with Gasteiger partial charge in [-0.3, -0.25) is 0 Å². The Morgan fingerprint density at radius 1 is 1.28 bits per heavy atom. The Morgan fingerprint density at radius 3 is 2.84 bits per heavy atom. The third-order valence-electron chi connectivity index (χ3n) is 4.00. The molecule has 4 nitrogen and oxygen atoms in total. The van der Waals surface area contributed by atoms with E-state index in [9.17, 15) is 13.2 Å². The van der Waals surface area contributed by atoms with Crippen LogP contribution in [0.4, 0.5) is 18.3 Å². The topological polar surface area (TPSA) is 38.2 Å². The number of alkyl halides is 3. The molecular weight excluding hydrogens is 371 g/mol. The third-order valence-corrected chi connectivity index (χ3v) is 6.14. The largest absolute Gasteiger partial charge is 0.416 e. The Balaban J connectivity index is 1.71. The summed E-state index contributed by atoms with van der Waals surface area (Å²) in [5.74, 6) is 0. The lowest BCUT2D eigenvalue weighted by molar-refractivity contribution is -0.137. The molecule has 1 saturated heterocycles. The van der Waals surface area contributed by atoms with Crippen LogP contribution in [0.15, 0.2) is 23.6 Å². The van der Waals surface area contributed by atoms with E-state index in [1.54, 1.807) is 11.3 Å².